The number of rotatable bonds is 6. The molecule has 0 saturated heterocycles. The molecule has 0 bridgehead atoms. The molecule has 0 N–H and O–H groups in total. The first-order valence-corrected chi connectivity index (χ1v) is 8.07. The van der Waals surface area contributed by atoms with Gasteiger partial charge in [-0.05, 0) is 25.7 Å². The van der Waals surface area contributed by atoms with E-state index in [0.717, 1.165) is 18.9 Å². The first-order valence-electron chi connectivity index (χ1n) is 8.07. The molecule has 1 saturated carbocycles. The van der Waals surface area contributed by atoms with Gasteiger partial charge in [-0.15, -0.1) is 0 Å². The third-order valence-corrected chi connectivity index (χ3v) is 5.01. The van der Waals surface area contributed by atoms with Crippen LogP contribution in [0, 0.1) is 5.92 Å². The molecule has 20 heavy (non-hydrogen) atoms. The summed E-state index contributed by atoms with van der Waals surface area (Å²) in [5.41, 5.74) is -0.370. The van der Waals surface area contributed by atoms with Crippen molar-refractivity contribution in [3.8, 4) is 0 Å². The van der Waals surface area contributed by atoms with E-state index in [1.165, 1.54) is 38.5 Å². The zero-order valence-electron chi connectivity index (χ0n) is 13.3. The van der Waals surface area contributed by atoms with E-state index < -0.39 is 0 Å². The minimum absolute atomic E-state index is 0.00825. The molecule has 3 unspecified atom stereocenters. The zero-order chi connectivity index (χ0) is 14.4. The summed E-state index contributed by atoms with van der Waals surface area (Å²) in [5.74, 6) is 0.859. The second-order valence-corrected chi connectivity index (χ2v) is 6.38. The molecule has 0 spiro atoms. The van der Waals surface area contributed by atoms with Gasteiger partial charge in [-0.1, -0.05) is 44.3 Å². The van der Waals surface area contributed by atoms with Crippen LogP contribution in [0.15, 0.2) is 12.2 Å². The highest BCUT2D eigenvalue weighted by Crippen LogP contribution is 2.31. The summed E-state index contributed by atoms with van der Waals surface area (Å²) >= 11 is 0. The second kappa shape index (κ2) is 7.58. The Morgan fingerprint density at radius 2 is 1.90 bits per heavy atom. The average molecular weight is 282 g/mol. The monoisotopic (exact) mass is 282 g/mol. The molecule has 1 fully saturated rings. The molecule has 0 aromatic rings. The van der Waals surface area contributed by atoms with Gasteiger partial charge in [0.1, 0.15) is 11.7 Å². The molecule has 3 nitrogen and oxygen atoms in total. The van der Waals surface area contributed by atoms with Gasteiger partial charge in [-0.2, -0.15) is 0 Å². The number of methoxy groups -OCH3 is 2. The van der Waals surface area contributed by atoms with E-state index in [2.05, 4.69) is 19.1 Å². The molecular weight excluding hydrogens is 252 g/mol. The van der Waals surface area contributed by atoms with Gasteiger partial charge in [0, 0.05) is 20.8 Å². The van der Waals surface area contributed by atoms with Crippen LogP contribution < -0.4 is 0 Å². The first kappa shape index (κ1) is 16.0. The van der Waals surface area contributed by atoms with Crippen molar-refractivity contribution in [1.82, 2.24) is 0 Å². The fourth-order valence-corrected chi connectivity index (χ4v) is 3.54. The van der Waals surface area contributed by atoms with Gasteiger partial charge < -0.3 is 14.2 Å². The third kappa shape index (κ3) is 3.84. The maximum Gasteiger partial charge on any atom is 0.116 e. The topological polar surface area (TPSA) is 27.7 Å². The summed E-state index contributed by atoms with van der Waals surface area (Å²) in [6.07, 6.45) is 13.4. The van der Waals surface area contributed by atoms with E-state index in [0.29, 0.717) is 0 Å². The summed E-state index contributed by atoms with van der Waals surface area (Å²) in [6.45, 7) is 2.90. The third-order valence-electron chi connectivity index (χ3n) is 5.01. The minimum atomic E-state index is -0.370. The van der Waals surface area contributed by atoms with Crippen molar-refractivity contribution >= 4 is 0 Å². The molecule has 0 aromatic heterocycles. The van der Waals surface area contributed by atoms with Gasteiger partial charge >= 0.3 is 0 Å². The molecule has 3 heteroatoms. The van der Waals surface area contributed by atoms with Crippen LogP contribution >= 0.6 is 0 Å². The smallest absolute Gasteiger partial charge is 0.116 e. The Labute approximate surface area is 123 Å². The predicted octanol–water partition coefficient (Wildman–Crippen LogP) is 3.72. The molecular formula is C17H30O3. The van der Waals surface area contributed by atoms with E-state index in [-0.39, 0.29) is 17.8 Å². The van der Waals surface area contributed by atoms with Crippen molar-refractivity contribution in [3.05, 3.63) is 12.2 Å². The summed E-state index contributed by atoms with van der Waals surface area (Å²) in [4.78, 5) is 0. The van der Waals surface area contributed by atoms with Crippen LogP contribution in [0.1, 0.15) is 51.9 Å². The Morgan fingerprint density at radius 3 is 2.55 bits per heavy atom. The van der Waals surface area contributed by atoms with Crippen LogP contribution in [0.25, 0.3) is 0 Å². The summed E-state index contributed by atoms with van der Waals surface area (Å²) in [7, 11) is 3.51. The normalized spacial score (nSPS) is 35.4. The molecule has 0 aromatic carbocycles. The quantitative estimate of drug-likeness (QED) is 0.695. The van der Waals surface area contributed by atoms with Crippen molar-refractivity contribution in [2.75, 3.05) is 20.8 Å². The highest BCUT2D eigenvalue weighted by molar-refractivity contribution is 5.12. The number of hydrogen-bond donors (Lipinski definition) is 0. The standard InChI is InChI=1S/C17H30O3/c1-17(19-3)12-7-10-15(18-2)16(17)20-13-11-14-8-5-4-6-9-14/h7,12,14-16H,4-6,8-11,13H2,1-3H3. The van der Waals surface area contributed by atoms with Gasteiger partial charge in [-0.25, -0.2) is 0 Å². The first-order chi connectivity index (χ1) is 9.69. The van der Waals surface area contributed by atoms with Crippen LogP contribution in [0.4, 0.5) is 0 Å². The lowest BCUT2D eigenvalue weighted by Crippen LogP contribution is -2.51. The summed E-state index contributed by atoms with van der Waals surface area (Å²) in [6, 6.07) is 0. The molecule has 0 heterocycles. The lowest BCUT2D eigenvalue weighted by molar-refractivity contribution is -0.153. The van der Waals surface area contributed by atoms with Crippen LogP contribution in [-0.2, 0) is 14.2 Å². The Morgan fingerprint density at radius 1 is 1.15 bits per heavy atom. The Balaban J connectivity index is 1.85. The summed E-state index contributed by atoms with van der Waals surface area (Å²) in [5, 5.41) is 0. The maximum absolute atomic E-state index is 6.19. The van der Waals surface area contributed by atoms with E-state index in [4.69, 9.17) is 14.2 Å². The Bertz CT molecular complexity index is 309. The highest BCUT2D eigenvalue weighted by Gasteiger charge is 2.41. The van der Waals surface area contributed by atoms with E-state index >= 15 is 0 Å². The van der Waals surface area contributed by atoms with Gasteiger partial charge in [0.25, 0.3) is 0 Å². The molecule has 0 radical (unpaired) electrons. The fraction of sp³-hybridized carbons (Fsp3) is 0.882. The molecule has 0 amide bonds. The van der Waals surface area contributed by atoms with Crippen LogP contribution in [0.5, 0.6) is 0 Å². The largest absolute Gasteiger partial charge is 0.378 e. The number of hydrogen-bond acceptors (Lipinski definition) is 3. The molecule has 0 aliphatic heterocycles. The molecule has 2 rings (SSSR count). The van der Waals surface area contributed by atoms with Crippen molar-refractivity contribution < 1.29 is 14.2 Å². The zero-order valence-corrected chi connectivity index (χ0v) is 13.3. The SMILES string of the molecule is COC1CC=CC(C)(OC)C1OCCC1CCCCC1. The highest BCUT2D eigenvalue weighted by atomic mass is 16.6. The number of ether oxygens (including phenoxy) is 3. The average Bonchev–Trinajstić information content (AvgIpc) is 2.50. The molecule has 2 aliphatic rings. The van der Waals surface area contributed by atoms with Crippen molar-refractivity contribution in [2.24, 2.45) is 5.92 Å². The molecule has 3 atom stereocenters. The van der Waals surface area contributed by atoms with E-state index in [9.17, 15) is 0 Å². The molecule has 2 aliphatic carbocycles. The van der Waals surface area contributed by atoms with Crippen molar-refractivity contribution in [2.45, 2.75) is 69.7 Å². The maximum atomic E-state index is 6.19. The van der Waals surface area contributed by atoms with Crippen LogP contribution in [0.3, 0.4) is 0 Å². The summed E-state index contributed by atoms with van der Waals surface area (Å²) < 4.78 is 17.5. The minimum Gasteiger partial charge on any atom is -0.378 e. The van der Waals surface area contributed by atoms with Gasteiger partial charge in [-0.3, -0.25) is 0 Å². The van der Waals surface area contributed by atoms with Gasteiger partial charge in [0.05, 0.1) is 6.10 Å². The predicted molar refractivity (Wildman–Crippen MR) is 80.9 cm³/mol. The van der Waals surface area contributed by atoms with Gasteiger partial charge in [0.15, 0.2) is 0 Å². The lowest BCUT2D eigenvalue weighted by atomic mass is 9.86. The fourth-order valence-electron chi connectivity index (χ4n) is 3.54. The van der Waals surface area contributed by atoms with Gasteiger partial charge in [0.2, 0.25) is 0 Å². The van der Waals surface area contributed by atoms with Crippen molar-refractivity contribution in [1.29, 1.82) is 0 Å². The van der Waals surface area contributed by atoms with E-state index in [1.807, 2.05) is 0 Å². The van der Waals surface area contributed by atoms with Crippen LogP contribution in [0.2, 0.25) is 0 Å². The second-order valence-electron chi connectivity index (χ2n) is 6.38. The van der Waals surface area contributed by atoms with E-state index in [1.54, 1.807) is 14.2 Å². The van der Waals surface area contributed by atoms with Crippen molar-refractivity contribution in [3.63, 3.8) is 0 Å². The Kier molecular flexibility index (Phi) is 6.06. The lowest BCUT2D eigenvalue weighted by Gasteiger charge is -2.41. The Hall–Kier alpha value is -0.380. The molecule has 116 valence electrons. The van der Waals surface area contributed by atoms with Crippen LogP contribution in [-0.4, -0.2) is 38.6 Å².